The van der Waals surface area contributed by atoms with Gasteiger partial charge in [-0.1, -0.05) is 56.0 Å². The molecule has 0 aliphatic heterocycles. The summed E-state index contributed by atoms with van der Waals surface area (Å²) in [6.45, 7) is 9.00. The van der Waals surface area contributed by atoms with E-state index in [9.17, 15) is 0 Å². The van der Waals surface area contributed by atoms with E-state index in [4.69, 9.17) is 5.73 Å². The van der Waals surface area contributed by atoms with Gasteiger partial charge in [-0.05, 0) is 50.0 Å². The highest BCUT2D eigenvalue weighted by atomic mass is 14.7. The Morgan fingerprint density at radius 1 is 1.05 bits per heavy atom. The summed E-state index contributed by atoms with van der Waals surface area (Å²) in [5.41, 5.74) is 11.1. The van der Waals surface area contributed by atoms with E-state index in [1.54, 1.807) is 0 Å². The van der Waals surface area contributed by atoms with Crippen LogP contribution in [0.15, 0.2) is 18.2 Å². The Morgan fingerprint density at radius 3 is 2.05 bits per heavy atom. The van der Waals surface area contributed by atoms with Crippen molar-refractivity contribution in [3.05, 3.63) is 34.9 Å². The van der Waals surface area contributed by atoms with Crippen LogP contribution < -0.4 is 5.73 Å². The predicted octanol–water partition coefficient (Wildman–Crippen LogP) is 4.91. The summed E-state index contributed by atoms with van der Waals surface area (Å²) in [6, 6.07) is 7.02. The zero-order valence-electron chi connectivity index (χ0n) is 13.0. The Bertz CT molecular complexity index is 407. The van der Waals surface area contributed by atoms with E-state index in [0.29, 0.717) is 5.41 Å². The van der Waals surface area contributed by atoms with E-state index < -0.39 is 0 Å². The molecule has 1 unspecified atom stereocenters. The standard InChI is InChI=1S/C18H29N/c1-13(2)12-18(7-5-6-8-18)17(19)16-10-14(3)9-15(4)11-16/h9-11,13,17H,5-8,12,19H2,1-4H3. The third-order valence-electron chi connectivity index (χ3n) is 4.68. The van der Waals surface area contributed by atoms with Crippen molar-refractivity contribution in [3.8, 4) is 0 Å². The minimum absolute atomic E-state index is 0.205. The van der Waals surface area contributed by atoms with Crippen molar-refractivity contribution in [1.29, 1.82) is 0 Å². The van der Waals surface area contributed by atoms with E-state index in [1.165, 1.54) is 48.8 Å². The van der Waals surface area contributed by atoms with Crippen molar-refractivity contribution in [2.45, 2.75) is 65.8 Å². The van der Waals surface area contributed by atoms with E-state index in [0.717, 1.165) is 5.92 Å². The Balaban J connectivity index is 2.31. The van der Waals surface area contributed by atoms with Crippen LogP contribution in [0.4, 0.5) is 0 Å². The topological polar surface area (TPSA) is 26.0 Å². The molecule has 0 spiro atoms. The lowest BCUT2D eigenvalue weighted by molar-refractivity contribution is 0.183. The van der Waals surface area contributed by atoms with E-state index >= 15 is 0 Å². The average molecular weight is 259 g/mol. The number of hydrogen-bond acceptors (Lipinski definition) is 1. The van der Waals surface area contributed by atoms with Gasteiger partial charge in [0.1, 0.15) is 0 Å². The summed E-state index contributed by atoms with van der Waals surface area (Å²) in [6.07, 6.45) is 6.58. The van der Waals surface area contributed by atoms with E-state index in [-0.39, 0.29) is 6.04 Å². The lowest BCUT2D eigenvalue weighted by Gasteiger charge is -2.37. The van der Waals surface area contributed by atoms with Crippen LogP contribution in [0, 0.1) is 25.2 Å². The summed E-state index contributed by atoms with van der Waals surface area (Å²) < 4.78 is 0. The number of aryl methyl sites for hydroxylation is 2. The van der Waals surface area contributed by atoms with Crippen LogP contribution in [0.25, 0.3) is 0 Å². The monoisotopic (exact) mass is 259 g/mol. The van der Waals surface area contributed by atoms with Crippen molar-refractivity contribution in [2.24, 2.45) is 17.1 Å². The quantitative estimate of drug-likeness (QED) is 0.817. The first-order chi connectivity index (χ1) is 8.93. The predicted molar refractivity (Wildman–Crippen MR) is 83.2 cm³/mol. The molecule has 0 aromatic heterocycles. The van der Waals surface area contributed by atoms with Crippen LogP contribution in [-0.4, -0.2) is 0 Å². The summed E-state index contributed by atoms with van der Waals surface area (Å²) >= 11 is 0. The molecule has 106 valence electrons. The molecule has 19 heavy (non-hydrogen) atoms. The van der Waals surface area contributed by atoms with Gasteiger partial charge in [-0.15, -0.1) is 0 Å². The second-order valence-electron chi connectivity index (χ2n) is 7.07. The first-order valence-electron chi connectivity index (χ1n) is 7.77. The molecule has 0 heterocycles. The van der Waals surface area contributed by atoms with E-state index in [2.05, 4.69) is 45.9 Å². The molecule has 0 amide bonds. The maximum Gasteiger partial charge on any atom is 0.0352 e. The lowest BCUT2D eigenvalue weighted by Crippen LogP contribution is -2.33. The van der Waals surface area contributed by atoms with Crippen LogP contribution in [0.3, 0.4) is 0 Å². The smallest absolute Gasteiger partial charge is 0.0352 e. The van der Waals surface area contributed by atoms with Gasteiger partial charge in [0.15, 0.2) is 0 Å². The molecular weight excluding hydrogens is 230 g/mol. The third-order valence-corrected chi connectivity index (χ3v) is 4.68. The van der Waals surface area contributed by atoms with Crippen LogP contribution in [0.5, 0.6) is 0 Å². The molecule has 1 aromatic carbocycles. The van der Waals surface area contributed by atoms with Gasteiger partial charge in [0.25, 0.3) is 0 Å². The molecule has 1 aliphatic rings. The van der Waals surface area contributed by atoms with Crippen LogP contribution in [0.1, 0.15) is 68.7 Å². The second kappa shape index (κ2) is 5.66. The molecule has 0 radical (unpaired) electrons. The molecule has 1 aliphatic carbocycles. The second-order valence-corrected chi connectivity index (χ2v) is 7.07. The highest BCUT2D eigenvalue weighted by Crippen LogP contribution is 2.50. The van der Waals surface area contributed by atoms with Gasteiger partial charge in [0.2, 0.25) is 0 Å². The Kier molecular flexibility index (Phi) is 4.35. The molecule has 1 aromatic rings. The Hall–Kier alpha value is -0.820. The zero-order chi connectivity index (χ0) is 14.0. The SMILES string of the molecule is Cc1cc(C)cc(C(N)C2(CC(C)C)CCCC2)c1. The third kappa shape index (κ3) is 3.20. The maximum atomic E-state index is 6.72. The normalized spacial score (nSPS) is 19.9. The van der Waals surface area contributed by atoms with Gasteiger partial charge in [-0.2, -0.15) is 0 Å². The van der Waals surface area contributed by atoms with E-state index in [1.807, 2.05) is 0 Å². The molecule has 2 N–H and O–H groups in total. The average Bonchev–Trinajstić information content (AvgIpc) is 2.75. The van der Waals surface area contributed by atoms with Crippen LogP contribution >= 0.6 is 0 Å². The molecule has 1 heteroatoms. The number of nitrogens with two attached hydrogens (primary N) is 1. The molecule has 1 atom stereocenters. The highest BCUT2D eigenvalue weighted by molar-refractivity contribution is 5.32. The zero-order valence-corrected chi connectivity index (χ0v) is 13.0. The first kappa shape index (κ1) is 14.6. The fourth-order valence-electron chi connectivity index (χ4n) is 4.08. The fourth-order valence-corrected chi connectivity index (χ4v) is 4.08. The first-order valence-corrected chi connectivity index (χ1v) is 7.77. The largest absolute Gasteiger partial charge is 0.323 e. The Morgan fingerprint density at radius 2 is 1.58 bits per heavy atom. The molecule has 1 fully saturated rings. The van der Waals surface area contributed by atoms with Gasteiger partial charge in [-0.3, -0.25) is 0 Å². The van der Waals surface area contributed by atoms with Gasteiger partial charge < -0.3 is 5.73 Å². The summed E-state index contributed by atoms with van der Waals surface area (Å²) in [7, 11) is 0. The van der Waals surface area contributed by atoms with Crippen molar-refractivity contribution < 1.29 is 0 Å². The minimum Gasteiger partial charge on any atom is -0.323 e. The highest BCUT2D eigenvalue weighted by Gasteiger charge is 2.40. The fraction of sp³-hybridized carbons (Fsp3) is 0.667. The number of hydrogen-bond donors (Lipinski definition) is 1. The molecule has 1 nitrogen and oxygen atoms in total. The van der Waals surface area contributed by atoms with Crippen LogP contribution in [-0.2, 0) is 0 Å². The number of benzene rings is 1. The van der Waals surface area contributed by atoms with Crippen LogP contribution in [0.2, 0.25) is 0 Å². The van der Waals surface area contributed by atoms with Gasteiger partial charge in [0.05, 0.1) is 0 Å². The maximum absolute atomic E-state index is 6.72. The molecule has 2 rings (SSSR count). The minimum atomic E-state index is 0.205. The van der Waals surface area contributed by atoms with Crippen molar-refractivity contribution in [2.75, 3.05) is 0 Å². The number of rotatable bonds is 4. The van der Waals surface area contributed by atoms with Crippen molar-refractivity contribution >= 4 is 0 Å². The molecule has 0 bridgehead atoms. The van der Waals surface area contributed by atoms with Crippen molar-refractivity contribution in [1.82, 2.24) is 0 Å². The molecular formula is C18H29N. The molecule has 1 saturated carbocycles. The summed E-state index contributed by atoms with van der Waals surface area (Å²) in [4.78, 5) is 0. The Labute approximate surface area is 118 Å². The summed E-state index contributed by atoms with van der Waals surface area (Å²) in [5.74, 6) is 0.732. The molecule has 0 saturated heterocycles. The van der Waals surface area contributed by atoms with Gasteiger partial charge in [-0.25, -0.2) is 0 Å². The summed E-state index contributed by atoms with van der Waals surface area (Å²) in [5, 5.41) is 0. The van der Waals surface area contributed by atoms with Crippen molar-refractivity contribution in [3.63, 3.8) is 0 Å². The van der Waals surface area contributed by atoms with Gasteiger partial charge in [0, 0.05) is 6.04 Å². The lowest BCUT2D eigenvalue weighted by atomic mass is 9.70. The van der Waals surface area contributed by atoms with Gasteiger partial charge >= 0.3 is 0 Å².